The first-order chi connectivity index (χ1) is 16.4. The second-order valence-corrected chi connectivity index (χ2v) is 9.37. The number of rotatable bonds is 5. The molecule has 5 rings (SSSR count). The van der Waals surface area contributed by atoms with Crippen LogP contribution in [0.3, 0.4) is 0 Å². The predicted molar refractivity (Wildman–Crippen MR) is 133 cm³/mol. The Labute approximate surface area is 200 Å². The fraction of sp³-hybridized carbons (Fsp3) is 0.192. The highest BCUT2D eigenvalue weighted by Crippen LogP contribution is 2.33. The van der Waals surface area contributed by atoms with Gasteiger partial charge in [-0.3, -0.25) is 9.59 Å². The van der Waals surface area contributed by atoms with Gasteiger partial charge >= 0.3 is 0 Å². The van der Waals surface area contributed by atoms with E-state index in [1.54, 1.807) is 24.3 Å². The van der Waals surface area contributed by atoms with Gasteiger partial charge in [0, 0.05) is 11.3 Å². The molecule has 0 bridgehead atoms. The van der Waals surface area contributed by atoms with Crippen LogP contribution in [0.4, 0.5) is 10.8 Å². The number of nitrogens with one attached hydrogen (secondary N) is 2. The topological polar surface area (TPSA) is 89.6 Å². The first-order valence-electron chi connectivity index (χ1n) is 10.8. The lowest BCUT2D eigenvalue weighted by molar-refractivity contribution is -0.115. The molecule has 0 aliphatic carbocycles. The van der Waals surface area contributed by atoms with Gasteiger partial charge in [-0.2, -0.15) is 0 Å². The molecule has 2 amide bonds. The van der Waals surface area contributed by atoms with Gasteiger partial charge in [0.05, 0.1) is 16.6 Å². The van der Waals surface area contributed by atoms with E-state index in [0.29, 0.717) is 22.2 Å². The van der Waals surface area contributed by atoms with E-state index in [9.17, 15) is 9.59 Å². The van der Waals surface area contributed by atoms with E-state index in [1.807, 2.05) is 45.0 Å². The smallest absolute Gasteiger partial charge is 0.255 e. The van der Waals surface area contributed by atoms with Gasteiger partial charge < -0.3 is 20.1 Å². The van der Waals surface area contributed by atoms with Crippen molar-refractivity contribution in [2.45, 2.75) is 27.2 Å². The summed E-state index contributed by atoms with van der Waals surface area (Å²) >= 11 is 1.33. The Morgan fingerprint density at radius 2 is 1.71 bits per heavy atom. The lowest BCUT2D eigenvalue weighted by atomic mass is 10.0. The maximum atomic E-state index is 12.9. The third-order valence-electron chi connectivity index (χ3n) is 5.61. The van der Waals surface area contributed by atoms with Crippen molar-refractivity contribution in [2.24, 2.45) is 0 Å². The number of carbonyl (C=O) groups is 2. The van der Waals surface area contributed by atoms with Crippen molar-refractivity contribution in [3.63, 3.8) is 0 Å². The number of anilines is 2. The van der Waals surface area contributed by atoms with Crippen molar-refractivity contribution < 1.29 is 19.1 Å². The molecule has 0 saturated carbocycles. The summed E-state index contributed by atoms with van der Waals surface area (Å²) in [6.07, 6.45) is 0.190. The Balaban J connectivity index is 1.29. The van der Waals surface area contributed by atoms with E-state index in [-0.39, 0.29) is 25.0 Å². The van der Waals surface area contributed by atoms with Gasteiger partial charge in [-0.05, 0) is 67.8 Å². The van der Waals surface area contributed by atoms with E-state index in [2.05, 4.69) is 15.6 Å². The van der Waals surface area contributed by atoms with E-state index in [0.717, 1.165) is 38.2 Å². The van der Waals surface area contributed by atoms with Gasteiger partial charge in [0.15, 0.2) is 16.6 Å². The summed E-state index contributed by atoms with van der Waals surface area (Å²) in [6, 6.07) is 14.9. The Morgan fingerprint density at radius 1 is 0.941 bits per heavy atom. The number of aromatic nitrogens is 1. The number of ether oxygens (including phenoxy) is 2. The number of benzene rings is 3. The highest BCUT2D eigenvalue weighted by Gasteiger charge is 2.16. The maximum absolute atomic E-state index is 12.9. The number of carbonyl (C=O) groups excluding carboxylic acids is 2. The molecule has 34 heavy (non-hydrogen) atoms. The van der Waals surface area contributed by atoms with Gasteiger partial charge in [0.2, 0.25) is 12.7 Å². The van der Waals surface area contributed by atoms with Crippen LogP contribution in [-0.4, -0.2) is 23.6 Å². The molecule has 3 aromatic carbocycles. The van der Waals surface area contributed by atoms with Gasteiger partial charge in [0.25, 0.3) is 5.91 Å². The second-order valence-electron chi connectivity index (χ2n) is 8.34. The molecule has 0 radical (unpaired) electrons. The van der Waals surface area contributed by atoms with Crippen LogP contribution in [0.1, 0.15) is 32.6 Å². The third-order valence-corrected chi connectivity index (χ3v) is 6.55. The average Bonchev–Trinajstić information content (AvgIpc) is 3.41. The minimum absolute atomic E-state index is 0.179. The molecule has 8 heteroatoms. The Kier molecular flexibility index (Phi) is 5.67. The lowest BCUT2D eigenvalue weighted by Gasteiger charge is -2.12. The lowest BCUT2D eigenvalue weighted by Crippen LogP contribution is -2.14. The van der Waals surface area contributed by atoms with Crippen LogP contribution < -0.4 is 20.1 Å². The zero-order chi connectivity index (χ0) is 23.8. The normalized spacial score (nSPS) is 12.1. The van der Waals surface area contributed by atoms with Crippen molar-refractivity contribution >= 4 is 44.2 Å². The molecule has 1 aliphatic rings. The molecule has 0 fully saturated rings. The Hall–Kier alpha value is -3.91. The highest BCUT2D eigenvalue weighted by molar-refractivity contribution is 7.22. The molecule has 7 nitrogen and oxygen atoms in total. The molecular formula is C26H23N3O4S. The summed E-state index contributed by atoms with van der Waals surface area (Å²) < 4.78 is 11.5. The van der Waals surface area contributed by atoms with Crippen molar-refractivity contribution in [2.75, 3.05) is 17.4 Å². The summed E-state index contributed by atoms with van der Waals surface area (Å²) in [5.41, 5.74) is 6.12. The van der Waals surface area contributed by atoms with E-state index >= 15 is 0 Å². The molecule has 2 N–H and O–H groups in total. The number of nitrogens with zero attached hydrogens (tertiary/aromatic N) is 1. The van der Waals surface area contributed by atoms with Gasteiger partial charge in [0.1, 0.15) is 0 Å². The highest BCUT2D eigenvalue weighted by atomic mass is 32.1. The minimum Gasteiger partial charge on any atom is -0.454 e. The average molecular weight is 474 g/mol. The van der Waals surface area contributed by atoms with Crippen LogP contribution in [-0.2, 0) is 11.2 Å². The van der Waals surface area contributed by atoms with Crippen LogP contribution in [0.15, 0.2) is 48.5 Å². The Bertz CT molecular complexity index is 1420. The largest absolute Gasteiger partial charge is 0.454 e. The van der Waals surface area contributed by atoms with E-state index < -0.39 is 0 Å². The van der Waals surface area contributed by atoms with E-state index in [4.69, 9.17) is 9.47 Å². The summed E-state index contributed by atoms with van der Waals surface area (Å²) in [6.45, 7) is 6.21. The van der Waals surface area contributed by atoms with Crippen molar-refractivity contribution in [1.82, 2.24) is 4.98 Å². The SMILES string of the molecule is Cc1cc(C)c(NC(=O)c2ccc3nc(NC(=O)Cc4ccc5c(c4)OCO5)sc3c2)c(C)c1. The first-order valence-corrected chi connectivity index (χ1v) is 11.7. The molecule has 172 valence electrons. The van der Waals surface area contributed by atoms with Crippen molar-refractivity contribution in [1.29, 1.82) is 0 Å². The zero-order valence-electron chi connectivity index (χ0n) is 19.0. The summed E-state index contributed by atoms with van der Waals surface area (Å²) in [5.74, 6) is 0.968. The number of amides is 2. The number of aryl methyl sites for hydroxylation is 3. The molecule has 4 aromatic rings. The van der Waals surface area contributed by atoms with Crippen LogP contribution in [0.25, 0.3) is 10.2 Å². The molecular weight excluding hydrogens is 450 g/mol. The fourth-order valence-corrected chi connectivity index (χ4v) is 5.00. The summed E-state index contributed by atoms with van der Waals surface area (Å²) in [4.78, 5) is 29.9. The number of hydrogen-bond donors (Lipinski definition) is 2. The second kappa shape index (κ2) is 8.79. The van der Waals surface area contributed by atoms with Crippen LogP contribution >= 0.6 is 11.3 Å². The molecule has 1 aliphatic heterocycles. The summed E-state index contributed by atoms with van der Waals surface area (Å²) in [7, 11) is 0. The summed E-state index contributed by atoms with van der Waals surface area (Å²) in [5, 5.41) is 6.37. The molecule has 0 spiro atoms. The molecule has 2 heterocycles. The quantitative estimate of drug-likeness (QED) is 0.406. The van der Waals surface area contributed by atoms with Crippen LogP contribution in [0.5, 0.6) is 11.5 Å². The van der Waals surface area contributed by atoms with E-state index in [1.165, 1.54) is 11.3 Å². The van der Waals surface area contributed by atoms with Crippen molar-refractivity contribution in [3.05, 3.63) is 76.3 Å². The monoisotopic (exact) mass is 473 g/mol. The first kappa shape index (κ1) is 21.9. The molecule has 0 atom stereocenters. The Morgan fingerprint density at radius 3 is 2.50 bits per heavy atom. The van der Waals surface area contributed by atoms with Crippen LogP contribution in [0.2, 0.25) is 0 Å². The standard InChI is InChI=1S/C26H23N3O4S/c1-14-8-15(2)24(16(3)9-14)29-25(31)18-5-6-19-22(12-18)34-26(27-19)28-23(30)11-17-4-7-20-21(10-17)33-13-32-20/h4-10,12H,11,13H2,1-3H3,(H,29,31)(H,27,28,30). The number of fused-ring (bicyclic) bond motifs is 2. The number of hydrogen-bond acceptors (Lipinski definition) is 6. The molecule has 0 saturated heterocycles. The fourth-order valence-electron chi connectivity index (χ4n) is 4.08. The maximum Gasteiger partial charge on any atom is 0.255 e. The van der Waals surface area contributed by atoms with Crippen LogP contribution in [0, 0.1) is 20.8 Å². The predicted octanol–water partition coefficient (Wildman–Crippen LogP) is 5.38. The zero-order valence-corrected chi connectivity index (χ0v) is 19.8. The van der Waals surface area contributed by atoms with Gasteiger partial charge in [-0.15, -0.1) is 0 Å². The molecule has 0 unspecified atom stereocenters. The minimum atomic E-state index is -0.182. The molecule has 1 aromatic heterocycles. The van der Waals surface area contributed by atoms with Gasteiger partial charge in [-0.25, -0.2) is 4.98 Å². The number of thiazole rings is 1. The third kappa shape index (κ3) is 4.45. The van der Waals surface area contributed by atoms with Crippen molar-refractivity contribution in [3.8, 4) is 11.5 Å². The van der Waals surface area contributed by atoms with Gasteiger partial charge in [-0.1, -0.05) is 35.1 Å².